The summed E-state index contributed by atoms with van der Waals surface area (Å²) in [5.41, 5.74) is 3.50. The molecule has 0 aromatic heterocycles. The van der Waals surface area contributed by atoms with Gasteiger partial charge < -0.3 is 4.84 Å². The zero-order valence-electron chi connectivity index (χ0n) is 9.41. The van der Waals surface area contributed by atoms with Crippen molar-refractivity contribution in [1.82, 2.24) is 0 Å². The molecule has 1 aliphatic heterocycles. The molecule has 0 bridgehead atoms. The molecule has 0 N–H and O–H groups in total. The number of hydrogen-bond donors (Lipinski definition) is 0. The van der Waals surface area contributed by atoms with Crippen molar-refractivity contribution >= 4 is 5.69 Å². The van der Waals surface area contributed by atoms with E-state index in [1.165, 1.54) is 11.1 Å². The zero-order valence-corrected chi connectivity index (χ0v) is 9.41. The maximum atomic E-state index is 5.45. The summed E-state index contributed by atoms with van der Waals surface area (Å²) in [4.78, 5) is 5.45. The van der Waals surface area contributed by atoms with Crippen LogP contribution in [0.1, 0.15) is 0 Å². The summed E-state index contributed by atoms with van der Waals surface area (Å²) in [6, 6.07) is 18.6. The van der Waals surface area contributed by atoms with Gasteiger partial charge in [0.1, 0.15) is 6.26 Å². The van der Waals surface area contributed by atoms with Gasteiger partial charge in [0.15, 0.2) is 0 Å². The normalized spacial score (nSPS) is 13.8. The summed E-state index contributed by atoms with van der Waals surface area (Å²) < 4.78 is 0. The van der Waals surface area contributed by atoms with Gasteiger partial charge in [-0.25, -0.2) is 5.06 Å². The molecule has 0 amide bonds. The summed E-state index contributed by atoms with van der Waals surface area (Å²) in [6.45, 7) is 0.795. The monoisotopic (exact) mass is 223 g/mol. The number of hydrogen-bond acceptors (Lipinski definition) is 2. The highest BCUT2D eigenvalue weighted by Gasteiger charge is 2.14. The average molecular weight is 223 g/mol. The van der Waals surface area contributed by atoms with Crippen molar-refractivity contribution in [2.75, 3.05) is 11.6 Å². The molecule has 0 saturated carbocycles. The minimum Gasteiger partial charge on any atom is -0.387 e. The Hall–Kier alpha value is -2.22. The van der Waals surface area contributed by atoms with E-state index in [4.69, 9.17) is 4.84 Å². The zero-order chi connectivity index (χ0) is 11.5. The maximum absolute atomic E-state index is 5.45. The maximum Gasteiger partial charge on any atom is 0.117 e. The van der Waals surface area contributed by atoms with Gasteiger partial charge in [-0.05, 0) is 17.7 Å². The summed E-state index contributed by atoms with van der Waals surface area (Å²) >= 11 is 0. The van der Waals surface area contributed by atoms with E-state index in [9.17, 15) is 0 Å². The number of hydroxylamine groups is 1. The van der Waals surface area contributed by atoms with Gasteiger partial charge in [-0.3, -0.25) is 0 Å². The molecule has 1 aliphatic rings. The van der Waals surface area contributed by atoms with Crippen LogP contribution in [-0.4, -0.2) is 6.54 Å². The first-order chi connectivity index (χ1) is 8.45. The molecule has 84 valence electrons. The van der Waals surface area contributed by atoms with E-state index in [0.717, 1.165) is 12.2 Å². The van der Waals surface area contributed by atoms with Crippen LogP contribution in [0.15, 0.2) is 66.9 Å². The molecular formula is C15H13NO. The van der Waals surface area contributed by atoms with Crippen LogP contribution in [-0.2, 0) is 4.84 Å². The van der Waals surface area contributed by atoms with Crippen LogP contribution < -0.4 is 5.06 Å². The van der Waals surface area contributed by atoms with Crippen molar-refractivity contribution in [3.63, 3.8) is 0 Å². The van der Waals surface area contributed by atoms with Gasteiger partial charge in [-0.2, -0.15) is 0 Å². The van der Waals surface area contributed by atoms with Crippen molar-refractivity contribution in [1.29, 1.82) is 0 Å². The molecule has 0 aliphatic carbocycles. The van der Waals surface area contributed by atoms with E-state index in [1.54, 1.807) is 6.26 Å². The first kappa shape index (κ1) is 9.97. The Morgan fingerprint density at radius 2 is 1.65 bits per heavy atom. The molecule has 3 rings (SSSR count). The Bertz CT molecular complexity index is 526. The Labute approximate surface area is 101 Å². The first-order valence-corrected chi connectivity index (χ1v) is 5.69. The number of para-hydroxylation sites is 1. The van der Waals surface area contributed by atoms with Crippen molar-refractivity contribution in [2.24, 2.45) is 0 Å². The fraction of sp³-hybridized carbons (Fsp3) is 0.0667. The lowest BCUT2D eigenvalue weighted by Gasteiger charge is -2.20. The molecule has 2 heteroatoms. The van der Waals surface area contributed by atoms with Crippen LogP contribution in [0.4, 0.5) is 5.69 Å². The lowest BCUT2D eigenvalue weighted by Crippen LogP contribution is -2.17. The number of rotatable bonds is 2. The standard InChI is InChI=1S/C15H13NO/c1-2-7-13(8-3-1)14-9-4-5-10-15(14)16-11-6-12-17-16/h1-10,12H,11H2. The Kier molecular flexibility index (Phi) is 2.54. The Balaban J connectivity index is 2.05. The quantitative estimate of drug-likeness (QED) is 0.771. The highest BCUT2D eigenvalue weighted by atomic mass is 16.7. The SMILES string of the molecule is C1=CON(c2ccccc2-c2ccccc2)C1. The summed E-state index contributed by atoms with van der Waals surface area (Å²) in [5, 5.41) is 1.89. The van der Waals surface area contributed by atoms with Crippen LogP contribution in [0, 0.1) is 0 Å². The third-order valence-corrected chi connectivity index (χ3v) is 2.81. The first-order valence-electron chi connectivity index (χ1n) is 5.69. The molecule has 0 atom stereocenters. The van der Waals surface area contributed by atoms with Gasteiger partial charge >= 0.3 is 0 Å². The average Bonchev–Trinajstić information content (AvgIpc) is 2.94. The van der Waals surface area contributed by atoms with E-state index >= 15 is 0 Å². The molecule has 0 unspecified atom stereocenters. The van der Waals surface area contributed by atoms with E-state index in [-0.39, 0.29) is 0 Å². The minimum absolute atomic E-state index is 0.795. The second-order valence-corrected chi connectivity index (χ2v) is 3.92. The van der Waals surface area contributed by atoms with Gasteiger partial charge in [0.05, 0.1) is 12.2 Å². The van der Waals surface area contributed by atoms with Crippen molar-refractivity contribution < 1.29 is 4.84 Å². The molecule has 0 radical (unpaired) electrons. The topological polar surface area (TPSA) is 12.5 Å². The van der Waals surface area contributed by atoms with Crippen molar-refractivity contribution in [3.05, 3.63) is 66.9 Å². The molecule has 0 spiro atoms. The molecule has 2 aromatic carbocycles. The molecular weight excluding hydrogens is 210 g/mol. The molecule has 2 aromatic rings. The predicted octanol–water partition coefficient (Wildman–Crippen LogP) is 3.62. The number of nitrogens with zero attached hydrogens (tertiary/aromatic N) is 1. The minimum atomic E-state index is 0.795. The molecule has 2 nitrogen and oxygen atoms in total. The highest BCUT2D eigenvalue weighted by molar-refractivity contribution is 5.78. The second-order valence-electron chi connectivity index (χ2n) is 3.92. The summed E-state index contributed by atoms with van der Waals surface area (Å²) in [7, 11) is 0. The highest BCUT2D eigenvalue weighted by Crippen LogP contribution is 2.31. The van der Waals surface area contributed by atoms with Gasteiger partial charge in [-0.1, -0.05) is 48.5 Å². The Morgan fingerprint density at radius 1 is 0.882 bits per heavy atom. The van der Waals surface area contributed by atoms with E-state index in [0.29, 0.717) is 0 Å². The predicted molar refractivity (Wildman–Crippen MR) is 69.4 cm³/mol. The number of benzene rings is 2. The lowest BCUT2D eigenvalue weighted by molar-refractivity contribution is 0.247. The van der Waals surface area contributed by atoms with Crippen LogP contribution in [0.2, 0.25) is 0 Å². The van der Waals surface area contributed by atoms with Gasteiger partial charge in [-0.15, -0.1) is 0 Å². The van der Waals surface area contributed by atoms with Crippen LogP contribution in [0.25, 0.3) is 11.1 Å². The molecule has 1 heterocycles. The third-order valence-electron chi connectivity index (χ3n) is 2.81. The van der Waals surface area contributed by atoms with Crippen LogP contribution in [0.5, 0.6) is 0 Å². The van der Waals surface area contributed by atoms with E-state index in [1.807, 2.05) is 23.3 Å². The summed E-state index contributed by atoms with van der Waals surface area (Å²) in [6.07, 6.45) is 3.73. The largest absolute Gasteiger partial charge is 0.387 e. The van der Waals surface area contributed by atoms with Crippen LogP contribution >= 0.6 is 0 Å². The third kappa shape index (κ3) is 1.89. The number of anilines is 1. The van der Waals surface area contributed by atoms with E-state index < -0.39 is 0 Å². The smallest absolute Gasteiger partial charge is 0.117 e. The van der Waals surface area contributed by atoms with Gasteiger partial charge in [0.25, 0.3) is 0 Å². The van der Waals surface area contributed by atoms with Crippen molar-refractivity contribution in [2.45, 2.75) is 0 Å². The lowest BCUT2D eigenvalue weighted by atomic mass is 10.0. The fourth-order valence-corrected chi connectivity index (χ4v) is 2.01. The molecule has 17 heavy (non-hydrogen) atoms. The van der Waals surface area contributed by atoms with Crippen LogP contribution in [0.3, 0.4) is 0 Å². The molecule has 0 saturated heterocycles. The summed E-state index contributed by atoms with van der Waals surface area (Å²) in [5.74, 6) is 0. The fourth-order valence-electron chi connectivity index (χ4n) is 2.01. The van der Waals surface area contributed by atoms with E-state index in [2.05, 4.69) is 42.5 Å². The van der Waals surface area contributed by atoms with Gasteiger partial charge in [0, 0.05) is 5.56 Å². The van der Waals surface area contributed by atoms with Crippen molar-refractivity contribution in [3.8, 4) is 11.1 Å². The molecule has 0 fully saturated rings. The Morgan fingerprint density at radius 3 is 2.41 bits per heavy atom. The second kappa shape index (κ2) is 4.34. The van der Waals surface area contributed by atoms with Gasteiger partial charge in [0.2, 0.25) is 0 Å².